The van der Waals surface area contributed by atoms with Crippen LogP contribution >= 0.6 is 11.6 Å². The third kappa shape index (κ3) is 6.46. The number of hydrogen-bond acceptors (Lipinski definition) is 5. The van der Waals surface area contributed by atoms with Gasteiger partial charge in [-0.1, -0.05) is 54.1 Å². The number of anilines is 1. The number of carbonyl (C=O) groups excluding carboxylic acids is 1. The van der Waals surface area contributed by atoms with Crippen LogP contribution < -0.4 is 14.8 Å². The minimum atomic E-state index is -3.63. The third-order valence-corrected chi connectivity index (χ3v) is 5.93. The second kappa shape index (κ2) is 10.5. The molecule has 9 heteroatoms. The van der Waals surface area contributed by atoms with E-state index >= 15 is 0 Å². The number of nitrogens with zero attached hydrogens (tertiary/aromatic N) is 1. The zero-order valence-electron chi connectivity index (χ0n) is 17.6. The van der Waals surface area contributed by atoms with Crippen molar-refractivity contribution in [1.82, 2.24) is 4.31 Å². The van der Waals surface area contributed by atoms with Crippen molar-refractivity contribution in [2.24, 2.45) is 0 Å². The second-order valence-corrected chi connectivity index (χ2v) is 9.38. The zero-order chi connectivity index (χ0) is 23.1. The van der Waals surface area contributed by atoms with Gasteiger partial charge in [-0.15, -0.1) is 0 Å². The predicted molar refractivity (Wildman–Crippen MR) is 125 cm³/mol. The van der Waals surface area contributed by atoms with Crippen LogP contribution in [-0.2, 0) is 21.4 Å². The number of hydrogen-bond donors (Lipinski definition) is 1. The Labute approximate surface area is 192 Å². The van der Waals surface area contributed by atoms with Gasteiger partial charge in [0.15, 0.2) is 17.2 Å². The molecule has 0 saturated heterocycles. The van der Waals surface area contributed by atoms with Gasteiger partial charge in [-0.05, 0) is 35.9 Å². The van der Waals surface area contributed by atoms with E-state index in [-0.39, 0.29) is 13.1 Å². The number of benzene rings is 3. The first-order valence-electron chi connectivity index (χ1n) is 9.65. The van der Waals surface area contributed by atoms with E-state index < -0.39 is 15.9 Å². The van der Waals surface area contributed by atoms with Crippen molar-refractivity contribution >= 4 is 33.2 Å². The van der Waals surface area contributed by atoms with Crippen LogP contribution in [0.25, 0.3) is 0 Å². The van der Waals surface area contributed by atoms with Crippen LogP contribution in [-0.4, -0.2) is 38.5 Å². The number of nitrogens with one attached hydrogen (secondary N) is 1. The summed E-state index contributed by atoms with van der Waals surface area (Å²) in [6, 6.07) is 20.9. The molecule has 0 aliphatic heterocycles. The van der Waals surface area contributed by atoms with Gasteiger partial charge in [0, 0.05) is 11.6 Å². The minimum Gasteiger partial charge on any atom is -0.493 e. The highest BCUT2D eigenvalue weighted by atomic mass is 35.5. The summed E-state index contributed by atoms with van der Waals surface area (Å²) < 4.78 is 36.8. The van der Waals surface area contributed by atoms with Gasteiger partial charge in [-0.25, -0.2) is 8.42 Å². The van der Waals surface area contributed by atoms with Crippen LogP contribution in [0.4, 0.5) is 5.69 Å². The highest BCUT2D eigenvalue weighted by molar-refractivity contribution is 7.88. The fourth-order valence-electron chi connectivity index (χ4n) is 2.94. The van der Waals surface area contributed by atoms with Crippen LogP contribution in [0.3, 0.4) is 0 Å². The van der Waals surface area contributed by atoms with Crippen molar-refractivity contribution in [3.8, 4) is 17.2 Å². The average Bonchev–Trinajstić information content (AvgIpc) is 2.75. The average molecular weight is 475 g/mol. The molecule has 0 bridgehead atoms. The Balaban J connectivity index is 1.79. The molecule has 0 saturated carbocycles. The van der Waals surface area contributed by atoms with E-state index in [1.54, 1.807) is 42.5 Å². The van der Waals surface area contributed by atoms with Gasteiger partial charge >= 0.3 is 0 Å². The summed E-state index contributed by atoms with van der Waals surface area (Å²) in [4.78, 5) is 12.8. The molecule has 7 nitrogen and oxygen atoms in total. The molecule has 32 heavy (non-hydrogen) atoms. The lowest BCUT2D eigenvalue weighted by Gasteiger charge is -2.20. The molecule has 168 valence electrons. The zero-order valence-corrected chi connectivity index (χ0v) is 19.2. The molecule has 1 amide bonds. The topological polar surface area (TPSA) is 84.9 Å². The van der Waals surface area contributed by atoms with E-state index in [0.717, 1.165) is 16.1 Å². The number of methoxy groups -OCH3 is 1. The van der Waals surface area contributed by atoms with E-state index in [0.29, 0.717) is 28.0 Å². The maximum atomic E-state index is 12.8. The summed E-state index contributed by atoms with van der Waals surface area (Å²) in [5, 5.41) is 3.09. The number of para-hydroxylation sites is 2. The van der Waals surface area contributed by atoms with Crippen LogP contribution in [0.1, 0.15) is 5.56 Å². The van der Waals surface area contributed by atoms with Gasteiger partial charge in [0.05, 0.1) is 25.6 Å². The Kier molecular flexibility index (Phi) is 7.74. The van der Waals surface area contributed by atoms with Crippen molar-refractivity contribution in [2.45, 2.75) is 6.54 Å². The van der Waals surface area contributed by atoms with Gasteiger partial charge in [-0.3, -0.25) is 4.79 Å². The summed E-state index contributed by atoms with van der Waals surface area (Å²) >= 11 is 6.11. The number of ether oxygens (including phenoxy) is 2. The monoisotopic (exact) mass is 474 g/mol. The first-order chi connectivity index (χ1) is 15.3. The number of sulfonamides is 1. The van der Waals surface area contributed by atoms with Gasteiger partial charge in [0.2, 0.25) is 15.9 Å². The first kappa shape index (κ1) is 23.6. The molecule has 0 atom stereocenters. The first-order valence-corrected chi connectivity index (χ1v) is 11.9. The highest BCUT2D eigenvalue weighted by Gasteiger charge is 2.21. The smallest absolute Gasteiger partial charge is 0.239 e. The highest BCUT2D eigenvalue weighted by Crippen LogP contribution is 2.36. The quantitative estimate of drug-likeness (QED) is 0.492. The molecule has 3 aromatic rings. The van der Waals surface area contributed by atoms with Crippen molar-refractivity contribution in [3.05, 3.63) is 83.4 Å². The summed E-state index contributed by atoms with van der Waals surface area (Å²) in [7, 11) is -2.10. The van der Waals surface area contributed by atoms with Crippen molar-refractivity contribution < 1.29 is 22.7 Å². The molecular weight excluding hydrogens is 452 g/mol. The minimum absolute atomic E-state index is 0.0766. The largest absolute Gasteiger partial charge is 0.493 e. The standard InChI is InChI=1S/C23H23ClN2O5S/c1-30-21-10-6-7-11-22(21)31-20-13-12-18(24)14-19(20)25-23(27)16-26(32(2,28)29)15-17-8-4-3-5-9-17/h3-14H,15-16H2,1-2H3,(H,25,27). The molecule has 0 fully saturated rings. The van der Waals surface area contributed by atoms with E-state index in [2.05, 4.69) is 5.32 Å². The van der Waals surface area contributed by atoms with Crippen molar-refractivity contribution in [2.75, 3.05) is 25.2 Å². The van der Waals surface area contributed by atoms with Crippen LogP contribution in [0, 0.1) is 0 Å². The Morgan fingerprint density at radius 1 is 0.969 bits per heavy atom. The van der Waals surface area contributed by atoms with Gasteiger partial charge in [-0.2, -0.15) is 4.31 Å². The fraction of sp³-hybridized carbons (Fsp3) is 0.174. The Hall–Kier alpha value is -3.07. The van der Waals surface area contributed by atoms with E-state index in [1.807, 2.05) is 24.3 Å². The van der Waals surface area contributed by atoms with Crippen LogP contribution in [0.2, 0.25) is 5.02 Å². The Bertz CT molecular complexity index is 1190. The van der Waals surface area contributed by atoms with Crippen molar-refractivity contribution in [3.63, 3.8) is 0 Å². The van der Waals surface area contributed by atoms with Gasteiger partial charge in [0.1, 0.15) is 0 Å². The fourth-order valence-corrected chi connectivity index (χ4v) is 3.85. The number of amides is 1. The summed E-state index contributed by atoms with van der Waals surface area (Å²) in [6.07, 6.45) is 1.07. The maximum Gasteiger partial charge on any atom is 0.239 e. The molecule has 0 aromatic heterocycles. The molecule has 0 heterocycles. The molecule has 3 aromatic carbocycles. The summed E-state index contributed by atoms with van der Waals surface area (Å²) in [5.74, 6) is 0.778. The number of carbonyl (C=O) groups is 1. The lowest BCUT2D eigenvalue weighted by molar-refractivity contribution is -0.116. The van der Waals surface area contributed by atoms with Crippen molar-refractivity contribution in [1.29, 1.82) is 0 Å². The molecule has 0 aliphatic carbocycles. The summed E-state index contributed by atoms with van der Waals surface area (Å²) in [6.45, 7) is -0.290. The van der Waals surface area contributed by atoms with E-state index in [9.17, 15) is 13.2 Å². The maximum absolute atomic E-state index is 12.8. The molecule has 3 rings (SSSR count). The van der Waals surface area contributed by atoms with Crippen LogP contribution in [0.5, 0.6) is 17.2 Å². The second-order valence-electron chi connectivity index (χ2n) is 6.96. The summed E-state index contributed by atoms with van der Waals surface area (Å²) in [5.41, 5.74) is 1.08. The lowest BCUT2D eigenvalue weighted by atomic mass is 10.2. The Morgan fingerprint density at radius 2 is 1.62 bits per heavy atom. The SMILES string of the molecule is COc1ccccc1Oc1ccc(Cl)cc1NC(=O)CN(Cc1ccccc1)S(C)(=O)=O. The molecule has 1 N–H and O–H groups in total. The molecule has 0 unspecified atom stereocenters. The molecule has 0 spiro atoms. The van der Waals surface area contributed by atoms with E-state index in [4.69, 9.17) is 21.1 Å². The molecule has 0 aliphatic rings. The predicted octanol–water partition coefficient (Wildman–Crippen LogP) is 4.54. The lowest BCUT2D eigenvalue weighted by Crippen LogP contribution is -2.36. The number of rotatable bonds is 9. The van der Waals surface area contributed by atoms with E-state index in [1.165, 1.54) is 13.2 Å². The van der Waals surface area contributed by atoms with Gasteiger partial charge < -0.3 is 14.8 Å². The third-order valence-electron chi connectivity index (χ3n) is 4.50. The van der Waals surface area contributed by atoms with Gasteiger partial charge in [0.25, 0.3) is 0 Å². The van der Waals surface area contributed by atoms with Crippen LogP contribution in [0.15, 0.2) is 72.8 Å². The molecular formula is C23H23ClN2O5S. The number of halogens is 1. The molecule has 0 radical (unpaired) electrons. The Morgan fingerprint density at radius 3 is 2.28 bits per heavy atom. The normalized spacial score (nSPS) is 11.2.